The Labute approximate surface area is 85.6 Å². The Morgan fingerprint density at radius 1 is 0.727 bits per heavy atom. The van der Waals surface area contributed by atoms with Crippen LogP contribution in [0.5, 0.6) is 0 Å². The first-order chi connectivity index (χ1) is 5.00. The molecular weight excluding hydrogens is 234 g/mol. The van der Waals surface area contributed by atoms with E-state index < -0.39 is 3.25 Å². The fourth-order valence-electron chi connectivity index (χ4n) is 0.440. The van der Waals surface area contributed by atoms with Gasteiger partial charge in [0.1, 0.15) is 0 Å². The molecule has 0 saturated carbocycles. The highest BCUT2D eigenvalue weighted by atomic mass is 35.6. The maximum atomic E-state index is 4.94. The van der Waals surface area contributed by atoms with E-state index in [1.54, 1.807) is 0 Å². The second kappa shape index (κ2) is 6.58. The molecule has 0 amide bonds. The van der Waals surface area contributed by atoms with Gasteiger partial charge in [0.05, 0.1) is 26.4 Å². The van der Waals surface area contributed by atoms with Crippen molar-refractivity contribution in [3.05, 3.63) is 0 Å². The summed E-state index contributed by atoms with van der Waals surface area (Å²) in [6.07, 6.45) is 0. The van der Waals surface area contributed by atoms with Crippen molar-refractivity contribution in [3.63, 3.8) is 0 Å². The zero-order chi connectivity index (χ0) is 8.74. The standard InChI is InChI=1S/C4H8O2.CCl4/c1-2-6-4-3-5-1;2-1(3,4)5/h1-4H2;. The minimum atomic E-state index is -1.61. The van der Waals surface area contributed by atoms with Crippen molar-refractivity contribution in [2.75, 3.05) is 26.4 Å². The molecule has 1 rings (SSSR count). The highest BCUT2D eigenvalue weighted by Gasteiger charge is 2.11. The second-order valence-corrected chi connectivity index (χ2v) is 5.08. The molecule has 2 nitrogen and oxygen atoms in total. The van der Waals surface area contributed by atoms with Crippen LogP contribution in [0.3, 0.4) is 0 Å². The summed E-state index contributed by atoms with van der Waals surface area (Å²) in [6.45, 7) is 3.11. The first kappa shape index (κ1) is 12.1. The molecule has 1 aliphatic heterocycles. The maximum Gasteiger partial charge on any atom is 0.266 e. The van der Waals surface area contributed by atoms with E-state index in [0.29, 0.717) is 0 Å². The van der Waals surface area contributed by atoms with E-state index >= 15 is 0 Å². The van der Waals surface area contributed by atoms with Crippen LogP contribution in [0.2, 0.25) is 0 Å². The average Bonchev–Trinajstić information content (AvgIpc) is 1.88. The van der Waals surface area contributed by atoms with Gasteiger partial charge in [-0.3, -0.25) is 0 Å². The summed E-state index contributed by atoms with van der Waals surface area (Å²) in [5.41, 5.74) is 0. The molecule has 1 aliphatic rings. The Balaban J connectivity index is 0.000000187. The van der Waals surface area contributed by atoms with Crippen LogP contribution in [0.15, 0.2) is 0 Å². The van der Waals surface area contributed by atoms with E-state index in [2.05, 4.69) is 0 Å². The van der Waals surface area contributed by atoms with Crippen molar-refractivity contribution in [3.8, 4) is 0 Å². The summed E-state index contributed by atoms with van der Waals surface area (Å²) >= 11 is 19.3. The van der Waals surface area contributed by atoms with E-state index in [0.717, 1.165) is 26.4 Å². The zero-order valence-corrected chi connectivity index (χ0v) is 8.68. The molecule has 1 heterocycles. The van der Waals surface area contributed by atoms with Gasteiger partial charge in [0.15, 0.2) is 0 Å². The Morgan fingerprint density at radius 2 is 0.909 bits per heavy atom. The molecule has 0 aromatic heterocycles. The van der Waals surface area contributed by atoms with E-state index in [-0.39, 0.29) is 0 Å². The van der Waals surface area contributed by atoms with Crippen molar-refractivity contribution in [1.29, 1.82) is 0 Å². The summed E-state index contributed by atoms with van der Waals surface area (Å²) in [5.74, 6) is 0. The molecule has 1 fully saturated rings. The fourth-order valence-corrected chi connectivity index (χ4v) is 0.440. The maximum absolute atomic E-state index is 4.94. The molecular formula is C5H8Cl4O2. The third-order valence-electron chi connectivity index (χ3n) is 0.744. The van der Waals surface area contributed by atoms with Crippen molar-refractivity contribution >= 4 is 46.4 Å². The normalized spacial score (nSPS) is 18.5. The predicted octanol–water partition coefficient (Wildman–Crippen LogP) is 2.59. The summed E-state index contributed by atoms with van der Waals surface area (Å²) < 4.78 is 8.28. The van der Waals surface area contributed by atoms with Crippen LogP contribution in [-0.4, -0.2) is 29.7 Å². The van der Waals surface area contributed by atoms with Crippen LogP contribution in [0.25, 0.3) is 0 Å². The largest absolute Gasteiger partial charge is 0.377 e. The molecule has 0 bridgehead atoms. The first-order valence-corrected chi connectivity index (χ1v) is 4.42. The molecule has 0 unspecified atom stereocenters. The van der Waals surface area contributed by atoms with Crippen LogP contribution in [0.4, 0.5) is 0 Å². The molecule has 1 saturated heterocycles. The van der Waals surface area contributed by atoms with E-state index in [1.807, 2.05) is 0 Å². The molecule has 0 spiro atoms. The van der Waals surface area contributed by atoms with Crippen LogP contribution >= 0.6 is 46.4 Å². The monoisotopic (exact) mass is 240 g/mol. The zero-order valence-electron chi connectivity index (χ0n) is 5.66. The molecule has 11 heavy (non-hydrogen) atoms. The topological polar surface area (TPSA) is 18.5 Å². The quantitative estimate of drug-likeness (QED) is 0.607. The number of hydrogen-bond acceptors (Lipinski definition) is 2. The minimum absolute atomic E-state index is 0.778. The van der Waals surface area contributed by atoms with Crippen molar-refractivity contribution in [1.82, 2.24) is 0 Å². The third kappa shape index (κ3) is 18.2. The molecule has 0 aromatic rings. The smallest absolute Gasteiger partial charge is 0.266 e. The lowest BCUT2D eigenvalue weighted by atomic mass is 10.6. The van der Waals surface area contributed by atoms with Gasteiger partial charge in [-0.25, -0.2) is 0 Å². The lowest BCUT2D eigenvalue weighted by molar-refractivity contribution is -0.0334. The SMILES string of the molecule is C1COCCO1.ClC(Cl)(Cl)Cl. The Morgan fingerprint density at radius 3 is 1.00 bits per heavy atom. The molecule has 0 N–H and O–H groups in total. The number of rotatable bonds is 0. The molecule has 0 atom stereocenters. The Hall–Kier alpha value is 1.08. The van der Waals surface area contributed by atoms with Gasteiger partial charge in [-0.1, -0.05) is 46.4 Å². The molecule has 0 aliphatic carbocycles. The van der Waals surface area contributed by atoms with Crippen LogP contribution < -0.4 is 0 Å². The highest BCUT2D eigenvalue weighted by Crippen LogP contribution is 2.29. The van der Waals surface area contributed by atoms with Gasteiger partial charge in [0.25, 0.3) is 3.25 Å². The van der Waals surface area contributed by atoms with Gasteiger partial charge in [-0.2, -0.15) is 0 Å². The molecule has 0 radical (unpaired) electrons. The van der Waals surface area contributed by atoms with E-state index in [1.165, 1.54) is 0 Å². The number of alkyl halides is 4. The highest BCUT2D eigenvalue weighted by molar-refractivity contribution is 6.83. The van der Waals surface area contributed by atoms with Gasteiger partial charge in [-0.05, 0) is 0 Å². The predicted molar refractivity (Wildman–Crippen MR) is 47.8 cm³/mol. The number of halogens is 4. The van der Waals surface area contributed by atoms with Crippen molar-refractivity contribution in [2.45, 2.75) is 3.25 Å². The van der Waals surface area contributed by atoms with Gasteiger partial charge in [0.2, 0.25) is 0 Å². The lowest BCUT2D eigenvalue weighted by Crippen LogP contribution is -2.16. The summed E-state index contributed by atoms with van der Waals surface area (Å²) in [4.78, 5) is 0. The minimum Gasteiger partial charge on any atom is -0.377 e. The van der Waals surface area contributed by atoms with Crippen molar-refractivity contribution < 1.29 is 9.47 Å². The van der Waals surface area contributed by atoms with Gasteiger partial charge >= 0.3 is 0 Å². The van der Waals surface area contributed by atoms with Gasteiger partial charge in [0, 0.05) is 0 Å². The molecule has 6 heteroatoms. The van der Waals surface area contributed by atoms with Gasteiger partial charge < -0.3 is 9.47 Å². The molecule has 0 aromatic carbocycles. The fraction of sp³-hybridized carbons (Fsp3) is 1.00. The number of hydrogen-bond donors (Lipinski definition) is 0. The molecule has 68 valence electrons. The summed E-state index contributed by atoms with van der Waals surface area (Å²) in [6, 6.07) is 0. The first-order valence-electron chi connectivity index (χ1n) is 2.91. The summed E-state index contributed by atoms with van der Waals surface area (Å²) in [5, 5.41) is 0. The third-order valence-corrected chi connectivity index (χ3v) is 0.744. The summed E-state index contributed by atoms with van der Waals surface area (Å²) in [7, 11) is 0. The van der Waals surface area contributed by atoms with E-state index in [4.69, 9.17) is 55.9 Å². The van der Waals surface area contributed by atoms with Gasteiger partial charge in [-0.15, -0.1) is 0 Å². The van der Waals surface area contributed by atoms with Crippen LogP contribution in [0, 0.1) is 0 Å². The second-order valence-electron chi connectivity index (χ2n) is 1.65. The average molecular weight is 242 g/mol. The number of ether oxygens (including phenoxy) is 2. The lowest BCUT2D eigenvalue weighted by Gasteiger charge is -2.09. The van der Waals surface area contributed by atoms with Crippen LogP contribution in [0.1, 0.15) is 0 Å². The van der Waals surface area contributed by atoms with E-state index in [9.17, 15) is 0 Å². The Bertz CT molecular complexity index is 71.5. The van der Waals surface area contributed by atoms with Crippen LogP contribution in [-0.2, 0) is 9.47 Å². The Kier molecular flexibility index (Phi) is 7.23. The van der Waals surface area contributed by atoms with Crippen molar-refractivity contribution in [2.24, 2.45) is 0 Å².